The molecule has 160 valence electrons. The van der Waals surface area contributed by atoms with Gasteiger partial charge in [0.05, 0.1) is 12.7 Å². The molecule has 2 aliphatic rings. The van der Waals surface area contributed by atoms with Gasteiger partial charge in [-0.3, -0.25) is 0 Å². The summed E-state index contributed by atoms with van der Waals surface area (Å²) in [6.07, 6.45) is 6.48. The van der Waals surface area contributed by atoms with Gasteiger partial charge in [0, 0.05) is 37.7 Å². The van der Waals surface area contributed by atoms with Crippen LogP contribution in [0.25, 0.3) is 0 Å². The van der Waals surface area contributed by atoms with Crippen LogP contribution in [0.15, 0.2) is 18.2 Å². The number of aromatic nitrogens is 3. The molecular formula is C22H29N5O3. The van der Waals surface area contributed by atoms with Crippen LogP contribution in [0.2, 0.25) is 0 Å². The summed E-state index contributed by atoms with van der Waals surface area (Å²) in [7, 11) is 1.35. The van der Waals surface area contributed by atoms with Crippen molar-refractivity contribution in [2.75, 3.05) is 25.5 Å². The molecule has 8 nitrogen and oxygen atoms in total. The van der Waals surface area contributed by atoms with E-state index in [4.69, 9.17) is 4.74 Å². The fraction of sp³-hybridized carbons (Fsp3) is 0.545. The molecular weight excluding hydrogens is 382 g/mol. The molecule has 1 aromatic heterocycles. The van der Waals surface area contributed by atoms with Gasteiger partial charge in [-0.05, 0) is 50.3 Å². The van der Waals surface area contributed by atoms with E-state index in [1.807, 2.05) is 17.9 Å². The Morgan fingerprint density at radius 1 is 1.13 bits per heavy atom. The third-order valence-electron chi connectivity index (χ3n) is 6.11. The number of likely N-dealkylation sites (tertiary alicyclic amines) is 1. The molecule has 0 aliphatic carbocycles. The number of fused-ring (bicyclic) bond motifs is 1. The maximum atomic E-state index is 13.0. The Kier molecular flexibility index (Phi) is 6.01. The van der Waals surface area contributed by atoms with Crippen LogP contribution >= 0.6 is 0 Å². The molecule has 1 saturated heterocycles. The zero-order valence-corrected chi connectivity index (χ0v) is 17.7. The number of esters is 1. The maximum absolute atomic E-state index is 13.0. The SMILES string of the molecule is COC(=O)c1ccc(C)c(NC(=O)N2CCC[C@@H](c3nnc4n3CCCCC4)C2)c1. The fourth-order valence-corrected chi connectivity index (χ4v) is 4.38. The monoisotopic (exact) mass is 411 g/mol. The number of methoxy groups -OCH3 is 1. The van der Waals surface area contributed by atoms with Gasteiger partial charge < -0.3 is 19.5 Å². The molecule has 2 amide bonds. The summed E-state index contributed by atoms with van der Waals surface area (Å²) in [4.78, 5) is 26.6. The van der Waals surface area contributed by atoms with E-state index in [-0.39, 0.29) is 11.9 Å². The summed E-state index contributed by atoms with van der Waals surface area (Å²) < 4.78 is 7.07. The third kappa shape index (κ3) is 4.17. The number of piperidine rings is 1. The summed E-state index contributed by atoms with van der Waals surface area (Å²) in [5.74, 6) is 1.88. The topological polar surface area (TPSA) is 89.3 Å². The van der Waals surface area contributed by atoms with E-state index < -0.39 is 5.97 Å². The predicted octanol–water partition coefficient (Wildman–Crippen LogP) is 3.51. The van der Waals surface area contributed by atoms with Crippen LogP contribution in [0.5, 0.6) is 0 Å². The van der Waals surface area contributed by atoms with Crippen LogP contribution in [0.1, 0.15) is 65.6 Å². The minimum atomic E-state index is -0.420. The van der Waals surface area contributed by atoms with Crippen molar-refractivity contribution in [3.63, 3.8) is 0 Å². The number of urea groups is 1. The van der Waals surface area contributed by atoms with Gasteiger partial charge in [0.1, 0.15) is 11.6 Å². The molecule has 0 bridgehead atoms. The van der Waals surface area contributed by atoms with E-state index in [9.17, 15) is 9.59 Å². The first-order valence-corrected chi connectivity index (χ1v) is 10.7. The first kappa shape index (κ1) is 20.4. The van der Waals surface area contributed by atoms with Crippen LogP contribution in [0.3, 0.4) is 0 Å². The number of ether oxygens (including phenoxy) is 1. The number of carbonyl (C=O) groups is 2. The number of aryl methyl sites for hydroxylation is 2. The number of nitrogens with zero attached hydrogens (tertiary/aromatic N) is 4. The first-order chi connectivity index (χ1) is 14.6. The summed E-state index contributed by atoms with van der Waals surface area (Å²) in [6.45, 7) is 4.21. The fourth-order valence-electron chi connectivity index (χ4n) is 4.38. The molecule has 2 aromatic rings. The second kappa shape index (κ2) is 8.85. The Hall–Kier alpha value is -2.90. The van der Waals surface area contributed by atoms with E-state index in [0.717, 1.165) is 49.4 Å². The number of anilines is 1. The average Bonchev–Trinajstić information content (AvgIpc) is 3.03. The summed E-state index contributed by atoms with van der Waals surface area (Å²) in [5, 5.41) is 11.9. The van der Waals surface area contributed by atoms with Gasteiger partial charge in [-0.2, -0.15) is 0 Å². The quantitative estimate of drug-likeness (QED) is 0.781. The average molecular weight is 412 g/mol. The van der Waals surface area contributed by atoms with Crippen LogP contribution < -0.4 is 5.32 Å². The molecule has 0 saturated carbocycles. The van der Waals surface area contributed by atoms with Crippen molar-refractivity contribution < 1.29 is 14.3 Å². The molecule has 3 heterocycles. The largest absolute Gasteiger partial charge is 0.465 e. The van der Waals surface area contributed by atoms with Gasteiger partial charge in [-0.15, -0.1) is 10.2 Å². The summed E-state index contributed by atoms with van der Waals surface area (Å²) >= 11 is 0. The van der Waals surface area contributed by atoms with E-state index in [0.29, 0.717) is 24.3 Å². The van der Waals surface area contributed by atoms with Gasteiger partial charge in [0.2, 0.25) is 0 Å². The molecule has 1 aromatic carbocycles. The Labute approximate surface area is 176 Å². The van der Waals surface area contributed by atoms with Gasteiger partial charge in [0.25, 0.3) is 0 Å². The predicted molar refractivity (Wildman–Crippen MR) is 113 cm³/mol. The minimum absolute atomic E-state index is 0.152. The summed E-state index contributed by atoms with van der Waals surface area (Å²) in [6, 6.07) is 5.02. The molecule has 2 aliphatic heterocycles. The van der Waals surface area contributed by atoms with E-state index in [1.54, 1.807) is 12.1 Å². The van der Waals surface area contributed by atoms with Crippen molar-refractivity contribution >= 4 is 17.7 Å². The maximum Gasteiger partial charge on any atom is 0.337 e. The third-order valence-corrected chi connectivity index (χ3v) is 6.11. The lowest BCUT2D eigenvalue weighted by molar-refractivity contribution is 0.0600. The Bertz CT molecular complexity index is 939. The van der Waals surface area contributed by atoms with Gasteiger partial charge in [0.15, 0.2) is 0 Å². The Morgan fingerprint density at radius 3 is 2.83 bits per heavy atom. The standard InChI is InChI=1S/C22H29N5O3/c1-15-9-10-16(21(28)30-2)13-18(15)23-22(29)26-11-6-7-17(14-26)20-25-24-19-8-4-3-5-12-27(19)20/h9-10,13,17H,3-8,11-12,14H2,1-2H3,(H,23,29)/t17-/m1/s1. The number of rotatable bonds is 3. The number of hydrogen-bond donors (Lipinski definition) is 1. The summed E-state index contributed by atoms with van der Waals surface area (Å²) in [5.41, 5.74) is 1.94. The smallest absolute Gasteiger partial charge is 0.337 e. The lowest BCUT2D eigenvalue weighted by atomic mass is 9.97. The number of hydrogen-bond acceptors (Lipinski definition) is 5. The van der Waals surface area contributed by atoms with Crippen LogP contribution in [-0.2, 0) is 17.7 Å². The number of carbonyl (C=O) groups excluding carboxylic acids is 2. The molecule has 1 fully saturated rings. The van der Waals surface area contributed by atoms with Crippen molar-refractivity contribution in [1.29, 1.82) is 0 Å². The molecule has 8 heteroatoms. The second-order valence-corrected chi connectivity index (χ2v) is 8.17. The van der Waals surface area contributed by atoms with Crippen LogP contribution in [0.4, 0.5) is 10.5 Å². The molecule has 0 radical (unpaired) electrons. The van der Waals surface area contributed by atoms with E-state index in [2.05, 4.69) is 20.1 Å². The van der Waals surface area contributed by atoms with Crippen molar-refractivity contribution in [1.82, 2.24) is 19.7 Å². The van der Waals surface area contributed by atoms with Gasteiger partial charge in [-0.1, -0.05) is 12.5 Å². The Balaban J connectivity index is 1.47. The van der Waals surface area contributed by atoms with E-state index in [1.165, 1.54) is 20.0 Å². The highest BCUT2D eigenvalue weighted by Gasteiger charge is 2.29. The highest BCUT2D eigenvalue weighted by atomic mass is 16.5. The lowest BCUT2D eigenvalue weighted by Crippen LogP contribution is -2.42. The molecule has 0 spiro atoms. The highest BCUT2D eigenvalue weighted by molar-refractivity contribution is 5.94. The van der Waals surface area contributed by atoms with Gasteiger partial charge >= 0.3 is 12.0 Å². The van der Waals surface area contributed by atoms with E-state index >= 15 is 0 Å². The first-order valence-electron chi connectivity index (χ1n) is 10.7. The minimum Gasteiger partial charge on any atom is -0.465 e. The zero-order valence-electron chi connectivity index (χ0n) is 17.7. The highest BCUT2D eigenvalue weighted by Crippen LogP contribution is 2.28. The zero-order chi connectivity index (χ0) is 21.1. The van der Waals surface area contributed by atoms with Gasteiger partial charge in [-0.25, -0.2) is 9.59 Å². The lowest BCUT2D eigenvalue weighted by Gasteiger charge is -2.32. The van der Waals surface area contributed by atoms with Crippen molar-refractivity contribution in [2.24, 2.45) is 0 Å². The Morgan fingerprint density at radius 2 is 2.00 bits per heavy atom. The van der Waals surface area contributed by atoms with Crippen molar-refractivity contribution in [2.45, 2.75) is 57.9 Å². The molecule has 30 heavy (non-hydrogen) atoms. The van der Waals surface area contributed by atoms with Crippen molar-refractivity contribution in [3.8, 4) is 0 Å². The molecule has 1 N–H and O–H groups in total. The van der Waals surface area contributed by atoms with Crippen LogP contribution in [0, 0.1) is 6.92 Å². The second-order valence-electron chi connectivity index (χ2n) is 8.17. The number of amides is 2. The van der Waals surface area contributed by atoms with Crippen LogP contribution in [-0.4, -0.2) is 51.9 Å². The molecule has 4 rings (SSSR count). The normalized spacial score (nSPS) is 19.0. The molecule has 1 atom stereocenters. The van der Waals surface area contributed by atoms with Crippen molar-refractivity contribution in [3.05, 3.63) is 41.0 Å². The number of benzene rings is 1. The number of nitrogens with one attached hydrogen (secondary N) is 1. The molecule has 0 unspecified atom stereocenters.